The summed E-state index contributed by atoms with van der Waals surface area (Å²) in [6.07, 6.45) is 0. The van der Waals surface area contributed by atoms with E-state index in [-0.39, 0.29) is 24.9 Å². The molecule has 0 unspecified atom stereocenters. The number of hydrogen-bond donors (Lipinski definition) is 2. The summed E-state index contributed by atoms with van der Waals surface area (Å²) in [7, 11) is 4.75. The van der Waals surface area contributed by atoms with Gasteiger partial charge in [0.25, 0.3) is 0 Å². The van der Waals surface area contributed by atoms with Crippen LogP contribution < -0.4 is 24.8 Å². The van der Waals surface area contributed by atoms with Gasteiger partial charge >= 0.3 is 0 Å². The summed E-state index contributed by atoms with van der Waals surface area (Å²) in [6.45, 7) is 2.58. The number of thiazole rings is 1. The zero-order chi connectivity index (χ0) is 24.5. The molecular formula is C24H28N4O5S. The molecule has 3 rings (SSSR count). The van der Waals surface area contributed by atoms with Gasteiger partial charge in [-0.05, 0) is 42.9 Å². The Labute approximate surface area is 202 Å². The lowest BCUT2D eigenvalue weighted by Crippen LogP contribution is -2.38. The molecule has 0 aliphatic rings. The normalized spacial score (nSPS) is 10.6. The van der Waals surface area contributed by atoms with E-state index in [0.717, 1.165) is 5.56 Å². The lowest BCUT2D eigenvalue weighted by molar-refractivity contribution is -0.119. The third-order valence-corrected chi connectivity index (χ3v) is 5.75. The van der Waals surface area contributed by atoms with Gasteiger partial charge in [0, 0.05) is 22.7 Å². The van der Waals surface area contributed by atoms with Gasteiger partial charge in [0.1, 0.15) is 17.2 Å². The van der Waals surface area contributed by atoms with E-state index in [4.69, 9.17) is 14.2 Å². The van der Waals surface area contributed by atoms with Crippen molar-refractivity contribution in [1.82, 2.24) is 9.88 Å². The summed E-state index contributed by atoms with van der Waals surface area (Å²) in [5, 5.41) is 7.95. The van der Waals surface area contributed by atoms with Crippen molar-refractivity contribution in [2.24, 2.45) is 0 Å². The summed E-state index contributed by atoms with van der Waals surface area (Å²) < 4.78 is 15.8. The molecule has 9 nitrogen and oxygen atoms in total. The van der Waals surface area contributed by atoms with E-state index in [2.05, 4.69) is 15.6 Å². The van der Waals surface area contributed by atoms with Gasteiger partial charge in [-0.25, -0.2) is 4.98 Å². The van der Waals surface area contributed by atoms with Crippen LogP contribution in [-0.2, 0) is 9.59 Å². The largest absolute Gasteiger partial charge is 0.497 e. The summed E-state index contributed by atoms with van der Waals surface area (Å²) >= 11 is 1.32. The van der Waals surface area contributed by atoms with Crippen LogP contribution in [0.1, 0.15) is 6.92 Å². The van der Waals surface area contributed by atoms with Crippen molar-refractivity contribution in [3.8, 4) is 28.5 Å². The molecule has 10 heteroatoms. The topological polar surface area (TPSA) is 102 Å². The predicted octanol–water partition coefficient (Wildman–Crippen LogP) is 3.74. The number of nitrogens with zero attached hydrogens (tertiary/aromatic N) is 2. The molecule has 0 saturated heterocycles. The van der Waals surface area contributed by atoms with Crippen molar-refractivity contribution >= 4 is 34.0 Å². The lowest BCUT2D eigenvalue weighted by atomic mass is 10.1. The number of ether oxygens (including phenoxy) is 3. The monoisotopic (exact) mass is 484 g/mol. The first kappa shape index (κ1) is 25.0. The van der Waals surface area contributed by atoms with E-state index < -0.39 is 0 Å². The van der Waals surface area contributed by atoms with Gasteiger partial charge in [-0.15, -0.1) is 11.3 Å². The summed E-state index contributed by atoms with van der Waals surface area (Å²) in [6, 6.07) is 12.5. The van der Waals surface area contributed by atoms with Gasteiger partial charge in [0.2, 0.25) is 11.8 Å². The van der Waals surface area contributed by atoms with Crippen LogP contribution in [0.25, 0.3) is 11.3 Å². The highest BCUT2D eigenvalue weighted by atomic mass is 32.1. The number of benzene rings is 2. The second-order valence-electron chi connectivity index (χ2n) is 7.23. The van der Waals surface area contributed by atoms with Crippen LogP contribution in [0.3, 0.4) is 0 Å². The number of amides is 2. The van der Waals surface area contributed by atoms with E-state index in [1.165, 1.54) is 11.3 Å². The fraction of sp³-hybridized carbons (Fsp3) is 0.292. The molecule has 0 saturated carbocycles. The Kier molecular flexibility index (Phi) is 8.83. The molecule has 0 atom stereocenters. The first-order valence-corrected chi connectivity index (χ1v) is 11.5. The third-order valence-electron chi connectivity index (χ3n) is 4.99. The van der Waals surface area contributed by atoms with Crippen LogP contribution in [0.2, 0.25) is 0 Å². The number of methoxy groups -OCH3 is 3. The summed E-state index contributed by atoms with van der Waals surface area (Å²) in [5.74, 6) is 1.56. The van der Waals surface area contributed by atoms with Crippen molar-refractivity contribution in [3.05, 3.63) is 47.8 Å². The van der Waals surface area contributed by atoms with E-state index in [1.807, 2.05) is 24.4 Å². The van der Waals surface area contributed by atoms with Crippen LogP contribution in [0, 0.1) is 0 Å². The molecule has 2 amide bonds. The molecule has 3 aromatic rings. The highest BCUT2D eigenvalue weighted by molar-refractivity contribution is 7.14. The maximum atomic E-state index is 12.6. The molecule has 180 valence electrons. The molecule has 0 radical (unpaired) electrons. The molecule has 1 heterocycles. The number of rotatable bonds is 11. The quantitative estimate of drug-likeness (QED) is 0.428. The number of carbonyl (C=O) groups excluding carboxylic acids is 2. The van der Waals surface area contributed by atoms with Gasteiger partial charge in [-0.3, -0.25) is 14.5 Å². The van der Waals surface area contributed by atoms with Crippen LogP contribution in [0.4, 0.5) is 10.8 Å². The van der Waals surface area contributed by atoms with E-state index >= 15 is 0 Å². The zero-order valence-electron chi connectivity index (χ0n) is 19.6. The molecule has 0 spiro atoms. The number of nitrogens with one attached hydrogen (secondary N) is 2. The standard InChI is InChI=1S/C24H28N4O5S/c1-5-28(13-22(29)25-16-6-8-17(31-2)9-7-16)14-23(30)27-24-26-20(15-34-24)19-11-10-18(32-3)12-21(19)33-4/h6-12,15H,5,13-14H2,1-4H3,(H,25,29)(H,26,27,30). The Balaban J connectivity index is 1.56. The maximum Gasteiger partial charge on any atom is 0.240 e. The molecule has 0 fully saturated rings. The fourth-order valence-electron chi connectivity index (χ4n) is 3.18. The average Bonchev–Trinajstić information content (AvgIpc) is 3.31. The Bertz CT molecular complexity index is 1120. The smallest absolute Gasteiger partial charge is 0.240 e. The number of anilines is 2. The van der Waals surface area contributed by atoms with Crippen LogP contribution >= 0.6 is 11.3 Å². The first-order valence-electron chi connectivity index (χ1n) is 10.6. The minimum Gasteiger partial charge on any atom is -0.497 e. The van der Waals surface area contributed by atoms with Crippen molar-refractivity contribution in [2.75, 3.05) is 51.6 Å². The van der Waals surface area contributed by atoms with Gasteiger partial charge in [0.05, 0.1) is 40.1 Å². The van der Waals surface area contributed by atoms with E-state index in [9.17, 15) is 9.59 Å². The Morgan fingerprint density at radius 1 is 0.912 bits per heavy atom. The average molecular weight is 485 g/mol. The van der Waals surface area contributed by atoms with Crippen molar-refractivity contribution in [1.29, 1.82) is 0 Å². The van der Waals surface area contributed by atoms with E-state index in [1.54, 1.807) is 56.6 Å². The second-order valence-corrected chi connectivity index (χ2v) is 8.09. The highest BCUT2D eigenvalue weighted by Gasteiger charge is 2.16. The number of aromatic nitrogens is 1. The van der Waals surface area contributed by atoms with Crippen LogP contribution in [-0.4, -0.2) is 62.7 Å². The fourth-order valence-corrected chi connectivity index (χ4v) is 3.91. The minimum atomic E-state index is -0.248. The SMILES string of the molecule is CCN(CC(=O)Nc1ccc(OC)cc1)CC(=O)Nc1nc(-c2ccc(OC)cc2OC)cs1. The van der Waals surface area contributed by atoms with Crippen LogP contribution in [0.15, 0.2) is 47.8 Å². The molecular weight excluding hydrogens is 456 g/mol. The first-order chi connectivity index (χ1) is 16.4. The van der Waals surface area contributed by atoms with Crippen molar-refractivity contribution in [2.45, 2.75) is 6.92 Å². The summed E-state index contributed by atoms with van der Waals surface area (Å²) in [5.41, 5.74) is 2.15. The molecule has 0 aliphatic heterocycles. The van der Waals surface area contributed by atoms with Gasteiger partial charge < -0.3 is 24.8 Å². The third kappa shape index (κ3) is 6.69. The molecule has 2 aromatic carbocycles. The summed E-state index contributed by atoms with van der Waals surface area (Å²) in [4.78, 5) is 31.2. The molecule has 0 bridgehead atoms. The molecule has 34 heavy (non-hydrogen) atoms. The van der Waals surface area contributed by atoms with Gasteiger partial charge in [-0.1, -0.05) is 6.92 Å². The van der Waals surface area contributed by atoms with Crippen LogP contribution in [0.5, 0.6) is 17.2 Å². The Morgan fingerprint density at radius 3 is 2.18 bits per heavy atom. The molecule has 1 aromatic heterocycles. The number of likely N-dealkylation sites (N-methyl/N-ethyl adjacent to an activating group) is 1. The van der Waals surface area contributed by atoms with Crippen molar-refractivity contribution in [3.63, 3.8) is 0 Å². The van der Waals surface area contributed by atoms with Crippen molar-refractivity contribution < 1.29 is 23.8 Å². The highest BCUT2D eigenvalue weighted by Crippen LogP contribution is 2.34. The second kappa shape index (κ2) is 12.0. The number of hydrogen-bond acceptors (Lipinski definition) is 8. The lowest BCUT2D eigenvalue weighted by Gasteiger charge is -2.19. The molecule has 2 N–H and O–H groups in total. The predicted molar refractivity (Wildman–Crippen MR) is 133 cm³/mol. The molecule has 0 aliphatic carbocycles. The Hall–Kier alpha value is -3.63. The van der Waals surface area contributed by atoms with E-state index in [0.29, 0.717) is 40.3 Å². The minimum absolute atomic E-state index is 0.0628. The van der Waals surface area contributed by atoms with Gasteiger partial charge in [0.15, 0.2) is 5.13 Å². The van der Waals surface area contributed by atoms with Gasteiger partial charge in [-0.2, -0.15) is 0 Å². The number of carbonyl (C=O) groups is 2. The zero-order valence-corrected chi connectivity index (χ0v) is 20.4. The Morgan fingerprint density at radius 2 is 1.56 bits per heavy atom. The maximum absolute atomic E-state index is 12.6.